The quantitative estimate of drug-likeness (QED) is 0.741. The second-order valence-electron chi connectivity index (χ2n) is 8.68. The van der Waals surface area contributed by atoms with Crippen molar-refractivity contribution >= 4 is 5.91 Å². The normalized spacial score (nSPS) is 29.3. The average Bonchev–Trinajstić information content (AvgIpc) is 3.17. The van der Waals surface area contributed by atoms with Gasteiger partial charge in [0.25, 0.3) is 0 Å². The van der Waals surface area contributed by atoms with Gasteiger partial charge >= 0.3 is 0 Å². The van der Waals surface area contributed by atoms with Crippen LogP contribution < -0.4 is 5.32 Å². The predicted molar refractivity (Wildman–Crippen MR) is 103 cm³/mol. The third kappa shape index (κ3) is 4.89. The fraction of sp³-hybridized carbons (Fsp3) is 0.857. The first-order valence-electron chi connectivity index (χ1n) is 11.1. The second kappa shape index (κ2) is 9.18. The van der Waals surface area contributed by atoms with Gasteiger partial charge in [-0.2, -0.15) is 0 Å². The Morgan fingerprint density at radius 1 is 1.11 bits per heavy atom. The van der Waals surface area contributed by atoms with Gasteiger partial charge in [0, 0.05) is 31.5 Å². The van der Waals surface area contributed by atoms with E-state index in [1.807, 2.05) is 6.33 Å². The highest BCUT2D eigenvalue weighted by Crippen LogP contribution is 2.33. The molecule has 3 aliphatic rings. The highest BCUT2D eigenvalue weighted by Gasteiger charge is 2.34. The molecule has 0 aromatic carbocycles. The molecule has 1 aromatic rings. The van der Waals surface area contributed by atoms with E-state index < -0.39 is 0 Å². The summed E-state index contributed by atoms with van der Waals surface area (Å²) >= 11 is 0. The summed E-state index contributed by atoms with van der Waals surface area (Å²) in [6.45, 7) is 0.839. The van der Waals surface area contributed by atoms with Crippen molar-refractivity contribution in [2.45, 2.75) is 102 Å². The monoisotopic (exact) mass is 374 g/mol. The molecule has 2 aliphatic carbocycles. The molecular formula is C21H34N4O2. The lowest BCUT2D eigenvalue weighted by atomic mass is 9.78. The van der Waals surface area contributed by atoms with Crippen molar-refractivity contribution in [1.29, 1.82) is 0 Å². The fourth-order valence-electron chi connectivity index (χ4n) is 5.22. The molecule has 150 valence electrons. The zero-order valence-electron chi connectivity index (χ0n) is 16.4. The Hall–Kier alpha value is -1.43. The molecule has 1 aliphatic heterocycles. The van der Waals surface area contributed by atoms with E-state index in [0.29, 0.717) is 30.5 Å². The maximum Gasteiger partial charge on any atom is 0.220 e. The number of nitrogens with one attached hydrogen (secondary N) is 1. The topological polar surface area (TPSA) is 69.0 Å². The molecule has 1 aromatic heterocycles. The highest BCUT2D eigenvalue weighted by atomic mass is 16.5. The van der Waals surface area contributed by atoms with Crippen molar-refractivity contribution in [3.63, 3.8) is 0 Å². The van der Waals surface area contributed by atoms with Gasteiger partial charge in [0.05, 0.1) is 6.10 Å². The van der Waals surface area contributed by atoms with Crippen LogP contribution in [0.15, 0.2) is 6.33 Å². The van der Waals surface area contributed by atoms with E-state index in [1.54, 1.807) is 0 Å². The standard InChI is InChI=1S/C21H34N4O2/c26-21-12-9-16-14-18(10-11-19(16)23-21)27-13-5-4-8-20-24-22-15-25(20)17-6-2-1-3-7-17/h15-19H,1-14H2,(H,23,26). The van der Waals surface area contributed by atoms with Gasteiger partial charge in [0.1, 0.15) is 12.2 Å². The van der Waals surface area contributed by atoms with E-state index in [-0.39, 0.29) is 5.91 Å². The molecule has 2 saturated carbocycles. The molecule has 3 unspecified atom stereocenters. The smallest absolute Gasteiger partial charge is 0.220 e. The highest BCUT2D eigenvalue weighted by molar-refractivity contribution is 5.77. The Morgan fingerprint density at radius 2 is 2.00 bits per heavy atom. The number of hydrogen-bond donors (Lipinski definition) is 1. The molecule has 1 amide bonds. The molecular weight excluding hydrogens is 340 g/mol. The van der Waals surface area contributed by atoms with Gasteiger partial charge in [-0.25, -0.2) is 0 Å². The lowest BCUT2D eigenvalue weighted by molar-refractivity contribution is -0.126. The maximum absolute atomic E-state index is 11.5. The van der Waals surface area contributed by atoms with E-state index in [0.717, 1.165) is 57.4 Å². The molecule has 2 heterocycles. The van der Waals surface area contributed by atoms with Gasteiger partial charge in [-0.05, 0) is 57.3 Å². The summed E-state index contributed by atoms with van der Waals surface area (Å²) < 4.78 is 8.50. The second-order valence-corrected chi connectivity index (χ2v) is 8.68. The van der Waals surface area contributed by atoms with Gasteiger partial charge in [-0.15, -0.1) is 10.2 Å². The molecule has 27 heavy (non-hydrogen) atoms. The first-order chi connectivity index (χ1) is 13.3. The number of ether oxygens (including phenoxy) is 1. The van der Waals surface area contributed by atoms with Crippen molar-refractivity contribution in [3.8, 4) is 0 Å². The zero-order valence-corrected chi connectivity index (χ0v) is 16.4. The van der Waals surface area contributed by atoms with Gasteiger partial charge in [0.15, 0.2) is 0 Å². The first-order valence-corrected chi connectivity index (χ1v) is 11.1. The number of unbranched alkanes of at least 4 members (excludes halogenated alkanes) is 1. The summed E-state index contributed by atoms with van der Waals surface area (Å²) in [6, 6.07) is 1.02. The Bertz CT molecular complexity index is 611. The number of aryl methyl sites for hydroxylation is 1. The lowest BCUT2D eigenvalue weighted by Gasteiger charge is -2.39. The number of aromatic nitrogens is 3. The van der Waals surface area contributed by atoms with Crippen LogP contribution in [0.2, 0.25) is 0 Å². The third-order valence-electron chi connectivity index (χ3n) is 6.79. The number of nitrogens with zero attached hydrogens (tertiary/aromatic N) is 3. The van der Waals surface area contributed by atoms with Crippen molar-refractivity contribution in [2.24, 2.45) is 5.92 Å². The van der Waals surface area contributed by atoms with E-state index in [1.165, 1.54) is 32.1 Å². The molecule has 1 saturated heterocycles. The number of rotatable bonds is 7. The SMILES string of the molecule is O=C1CCC2CC(OCCCCc3nncn3C3CCCCC3)CCC2N1. The van der Waals surface area contributed by atoms with Crippen LogP contribution >= 0.6 is 0 Å². The molecule has 1 N–H and O–H groups in total. The summed E-state index contributed by atoms with van der Waals surface area (Å²) in [5.41, 5.74) is 0. The van der Waals surface area contributed by atoms with E-state index in [9.17, 15) is 4.79 Å². The van der Waals surface area contributed by atoms with Crippen LogP contribution in [0.25, 0.3) is 0 Å². The van der Waals surface area contributed by atoms with Crippen LogP contribution in [0.4, 0.5) is 0 Å². The van der Waals surface area contributed by atoms with Gasteiger partial charge in [-0.1, -0.05) is 19.3 Å². The molecule has 0 spiro atoms. The van der Waals surface area contributed by atoms with E-state index in [4.69, 9.17) is 4.74 Å². The molecule has 6 nitrogen and oxygen atoms in total. The minimum atomic E-state index is 0.233. The maximum atomic E-state index is 11.5. The largest absolute Gasteiger partial charge is 0.378 e. The molecule has 3 fully saturated rings. The van der Waals surface area contributed by atoms with Crippen LogP contribution in [0.5, 0.6) is 0 Å². The minimum absolute atomic E-state index is 0.233. The Balaban J connectivity index is 1.14. The first kappa shape index (κ1) is 18.9. The Kier molecular flexibility index (Phi) is 6.43. The lowest BCUT2D eigenvalue weighted by Crippen LogP contribution is -2.48. The molecule has 3 atom stereocenters. The van der Waals surface area contributed by atoms with Crippen LogP contribution in [0.1, 0.15) is 88.9 Å². The molecule has 0 radical (unpaired) electrons. The molecule has 4 rings (SSSR count). The molecule has 6 heteroatoms. The van der Waals surface area contributed by atoms with Gasteiger partial charge in [0.2, 0.25) is 5.91 Å². The molecule has 0 bridgehead atoms. The van der Waals surface area contributed by atoms with Crippen molar-refractivity contribution in [3.05, 3.63) is 12.2 Å². The van der Waals surface area contributed by atoms with Crippen LogP contribution in [-0.4, -0.2) is 39.4 Å². The summed E-state index contributed by atoms with van der Waals surface area (Å²) in [7, 11) is 0. The van der Waals surface area contributed by atoms with Crippen LogP contribution in [0, 0.1) is 5.92 Å². The van der Waals surface area contributed by atoms with E-state index in [2.05, 4.69) is 20.1 Å². The van der Waals surface area contributed by atoms with E-state index >= 15 is 0 Å². The number of amides is 1. The van der Waals surface area contributed by atoms with Crippen molar-refractivity contribution in [1.82, 2.24) is 20.1 Å². The van der Waals surface area contributed by atoms with Gasteiger partial charge in [-0.3, -0.25) is 4.79 Å². The number of hydrogen-bond acceptors (Lipinski definition) is 4. The van der Waals surface area contributed by atoms with Gasteiger partial charge < -0.3 is 14.6 Å². The number of piperidine rings is 1. The summed E-state index contributed by atoms with van der Waals surface area (Å²) in [5, 5.41) is 11.7. The van der Waals surface area contributed by atoms with Crippen LogP contribution in [0.3, 0.4) is 0 Å². The average molecular weight is 375 g/mol. The summed E-state index contributed by atoms with van der Waals surface area (Å²) in [6.07, 6.45) is 17.1. The number of fused-ring (bicyclic) bond motifs is 1. The summed E-state index contributed by atoms with van der Waals surface area (Å²) in [4.78, 5) is 11.5. The Morgan fingerprint density at radius 3 is 2.89 bits per heavy atom. The third-order valence-corrected chi connectivity index (χ3v) is 6.79. The van der Waals surface area contributed by atoms with Crippen LogP contribution in [-0.2, 0) is 16.0 Å². The number of carbonyl (C=O) groups is 1. The zero-order chi connectivity index (χ0) is 18.5. The van der Waals surface area contributed by atoms with Crippen molar-refractivity contribution in [2.75, 3.05) is 6.61 Å². The summed E-state index contributed by atoms with van der Waals surface area (Å²) in [5.74, 6) is 2.01. The minimum Gasteiger partial charge on any atom is -0.378 e. The van der Waals surface area contributed by atoms with Crippen molar-refractivity contribution < 1.29 is 9.53 Å². The Labute approximate surface area is 162 Å². The predicted octanol–water partition coefficient (Wildman–Crippen LogP) is 3.57. The fourth-order valence-corrected chi connectivity index (χ4v) is 5.22. The number of carbonyl (C=O) groups excluding carboxylic acids is 1.